The first-order valence-corrected chi connectivity index (χ1v) is 8.09. The second kappa shape index (κ2) is 7.49. The zero-order valence-electron chi connectivity index (χ0n) is 13.3. The molecule has 0 amide bonds. The molecule has 0 aromatic heterocycles. The number of alkyl halides is 3. The van der Waals surface area contributed by atoms with Gasteiger partial charge in [-0.3, -0.25) is 0 Å². The lowest BCUT2D eigenvalue weighted by atomic mass is 9.90. The van der Waals surface area contributed by atoms with Crippen LogP contribution in [0, 0.1) is 0 Å². The standard InChI is InChI=1S/C16H22F3N3S/c1-22(2)14-6-4-3-5-13(14)21-15(23)20-12-9-7-11(8-10-12)16(17,18)19/h7-10,13-14H,3-6H2,1-2H3,(H2,20,21,23)/t13-,14-/m0/s1. The fourth-order valence-electron chi connectivity index (χ4n) is 2.98. The maximum Gasteiger partial charge on any atom is 0.416 e. The molecule has 1 aliphatic rings. The molecule has 128 valence electrons. The van der Waals surface area contributed by atoms with Crippen molar-refractivity contribution < 1.29 is 13.2 Å². The molecule has 2 N–H and O–H groups in total. The molecule has 0 radical (unpaired) electrons. The van der Waals surface area contributed by atoms with Crippen LogP contribution < -0.4 is 10.6 Å². The van der Waals surface area contributed by atoms with Crippen molar-refractivity contribution in [2.75, 3.05) is 19.4 Å². The van der Waals surface area contributed by atoms with Crippen LogP contribution in [0.2, 0.25) is 0 Å². The molecule has 0 saturated heterocycles. The fraction of sp³-hybridized carbons (Fsp3) is 0.562. The molecule has 3 nitrogen and oxygen atoms in total. The summed E-state index contributed by atoms with van der Waals surface area (Å²) in [4.78, 5) is 2.19. The molecular weight excluding hydrogens is 323 g/mol. The number of nitrogens with one attached hydrogen (secondary N) is 2. The molecule has 1 aliphatic carbocycles. The monoisotopic (exact) mass is 345 g/mol. The molecule has 1 saturated carbocycles. The Bertz CT molecular complexity index is 528. The second-order valence-electron chi connectivity index (χ2n) is 6.10. The maximum atomic E-state index is 12.5. The SMILES string of the molecule is CN(C)[C@H]1CCCC[C@@H]1NC(=S)Nc1ccc(C(F)(F)F)cc1. The smallest absolute Gasteiger partial charge is 0.358 e. The van der Waals surface area contributed by atoms with E-state index >= 15 is 0 Å². The summed E-state index contributed by atoms with van der Waals surface area (Å²) in [7, 11) is 4.11. The quantitative estimate of drug-likeness (QED) is 0.814. The van der Waals surface area contributed by atoms with E-state index in [1.165, 1.54) is 18.6 Å². The molecule has 1 fully saturated rings. The van der Waals surface area contributed by atoms with E-state index in [2.05, 4.69) is 29.6 Å². The van der Waals surface area contributed by atoms with Crippen LogP contribution >= 0.6 is 12.2 Å². The molecule has 0 spiro atoms. The minimum atomic E-state index is -4.32. The van der Waals surface area contributed by atoms with Gasteiger partial charge >= 0.3 is 6.18 Å². The van der Waals surface area contributed by atoms with Crippen LogP contribution in [-0.2, 0) is 6.18 Å². The molecular formula is C16H22F3N3S. The van der Waals surface area contributed by atoms with Crippen LogP contribution in [0.25, 0.3) is 0 Å². The third kappa shape index (κ3) is 5.07. The van der Waals surface area contributed by atoms with E-state index < -0.39 is 11.7 Å². The largest absolute Gasteiger partial charge is 0.416 e. The summed E-state index contributed by atoms with van der Waals surface area (Å²) < 4.78 is 37.6. The second-order valence-corrected chi connectivity index (χ2v) is 6.50. The molecule has 1 aromatic carbocycles. The van der Waals surface area contributed by atoms with Crippen LogP contribution in [-0.4, -0.2) is 36.2 Å². The molecule has 2 rings (SSSR count). The Morgan fingerprint density at radius 1 is 1.13 bits per heavy atom. The summed E-state index contributed by atoms with van der Waals surface area (Å²) in [6.45, 7) is 0. The number of nitrogens with zero attached hydrogens (tertiary/aromatic N) is 1. The fourth-order valence-corrected chi connectivity index (χ4v) is 3.25. The van der Waals surface area contributed by atoms with Gasteiger partial charge in [-0.1, -0.05) is 12.8 Å². The Labute approximate surface area is 140 Å². The van der Waals surface area contributed by atoms with Crippen molar-refractivity contribution in [3.05, 3.63) is 29.8 Å². The van der Waals surface area contributed by atoms with Crippen LogP contribution in [0.1, 0.15) is 31.2 Å². The van der Waals surface area contributed by atoms with Gasteiger partial charge in [0.05, 0.1) is 5.56 Å². The molecule has 1 aromatic rings. The van der Waals surface area contributed by atoms with Gasteiger partial charge in [0.1, 0.15) is 0 Å². The number of thiocarbonyl (C=S) groups is 1. The van der Waals surface area contributed by atoms with Crippen LogP contribution in [0.3, 0.4) is 0 Å². The molecule has 0 bridgehead atoms. The average Bonchev–Trinajstić information content (AvgIpc) is 2.47. The number of hydrogen-bond acceptors (Lipinski definition) is 2. The Balaban J connectivity index is 1.93. The number of rotatable bonds is 3. The number of hydrogen-bond donors (Lipinski definition) is 2. The zero-order chi connectivity index (χ0) is 17.0. The van der Waals surface area contributed by atoms with Crippen molar-refractivity contribution in [2.45, 2.75) is 43.9 Å². The van der Waals surface area contributed by atoms with Crippen LogP contribution in [0.5, 0.6) is 0 Å². The van der Waals surface area contributed by atoms with Gasteiger partial charge in [0, 0.05) is 17.8 Å². The predicted molar refractivity (Wildman–Crippen MR) is 90.5 cm³/mol. The number of benzene rings is 1. The van der Waals surface area contributed by atoms with Crippen LogP contribution in [0.4, 0.5) is 18.9 Å². The van der Waals surface area contributed by atoms with Crippen molar-refractivity contribution in [3.8, 4) is 0 Å². The number of halogens is 3. The summed E-state index contributed by atoms with van der Waals surface area (Å²) in [6.07, 6.45) is 0.203. The van der Waals surface area contributed by atoms with E-state index in [4.69, 9.17) is 12.2 Å². The topological polar surface area (TPSA) is 27.3 Å². The lowest BCUT2D eigenvalue weighted by Crippen LogP contribution is -2.52. The van der Waals surface area contributed by atoms with Gasteiger partial charge in [-0.05, 0) is 63.4 Å². The van der Waals surface area contributed by atoms with Gasteiger partial charge in [0.2, 0.25) is 0 Å². The third-order valence-corrected chi connectivity index (χ3v) is 4.40. The van der Waals surface area contributed by atoms with E-state index in [9.17, 15) is 13.2 Å². The van der Waals surface area contributed by atoms with Gasteiger partial charge in [0.15, 0.2) is 5.11 Å². The van der Waals surface area contributed by atoms with Crippen molar-refractivity contribution in [2.24, 2.45) is 0 Å². The third-order valence-electron chi connectivity index (χ3n) is 4.18. The summed E-state index contributed by atoms with van der Waals surface area (Å²) >= 11 is 5.30. The first-order valence-electron chi connectivity index (χ1n) is 7.68. The first-order chi connectivity index (χ1) is 10.8. The predicted octanol–water partition coefficient (Wildman–Crippen LogP) is 3.86. The Kier molecular flexibility index (Phi) is 5.86. The van der Waals surface area contributed by atoms with Gasteiger partial charge in [0.25, 0.3) is 0 Å². The van der Waals surface area contributed by atoms with Gasteiger partial charge < -0.3 is 15.5 Å². The lowest BCUT2D eigenvalue weighted by molar-refractivity contribution is -0.137. The summed E-state index contributed by atoms with van der Waals surface area (Å²) in [5, 5.41) is 6.71. The van der Waals surface area contributed by atoms with Gasteiger partial charge in [-0.25, -0.2) is 0 Å². The minimum Gasteiger partial charge on any atom is -0.358 e. The minimum absolute atomic E-state index is 0.258. The molecule has 2 atom stereocenters. The van der Waals surface area contributed by atoms with E-state index in [0.29, 0.717) is 16.8 Å². The van der Waals surface area contributed by atoms with E-state index in [1.54, 1.807) is 0 Å². The average molecular weight is 345 g/mol. The summed E-state index contributed by atoms with van der Waals surface area (Å²) in [5.41, 5.74) is -0.116. The highest BCUT2D eigenvalue weighted by Gasteiger charge is 2.30. The normalized spacial score (nSPS) is 22.0. The molecule has 0 aliphatic heterocycles. The summed E-state index contributed by atoms with van der Waals surface area (Å²) in [5.74, 6) is 0. The highest BCUT2D eigenvalue weighted by molar-refractivity contribution is 7.80. The van der Waals surface area contributed by atoms with Gasteiger partial charge in [-0.2, -0.15) is 13.2 Å². The van der Waals surface area contributed by atoms with E-state index in [0.717, 1.165) is 31.4 Å². The lowest BCUT2D eigenvalue weighted by Gasteiger charge is -2.37. The van der Waals surface area contributed by atoms with Crippen molar-refractivity contribution in [1.82, 2.24) is 10.2 Å². The van der Waals surface area contributed by atoms with Crippen molar-refractivity contribution in [1.29, 1.82) is 0 Å². The van der Waals surface area contributed by atoms with E-state index in [-0.39, 0.29) is 6.04 Å². The molecule has 7 heteroatoms. The Morgan fingerprint density at radius 3 is 2.30 bits per heavy atom. The highest BCUT2D eigenvalue weighted by Crippen LogP contribution is 2.29. The molecule has 23 heavy (non-hydrogen) atoms. The highest BCUT2D eigenvalue weighted by atomic mass is 32.1. The molecule has 0 heterocycles. The first kappa shape index (κ1) is 18.0. The van der Waals surface area contributed by atoms with Crippen molar-refractivity contribution in [3.63, 3.8) is 0 Å². The summed E-state index contributed by atoms with van der Waals surface area (Å²) in [6, 6.07) is 5.55. The van der Waals surface area contributed by atoms with E-state index in [1.807, 2.05) is 0 Å². The Hall–Kier alpha value is -1.34. The maximum absolute atomic E-state index is 12.5. The number of anilines is 1. The van der Waals surface area contributed by atoms with Crippen molar-refractivity contribution >= 4 is 23.0 Å². The Morgan fingerprint density at radius 2 is 1.74 bits per heavy atom. The molecule has 0 unspecified atom stereocenters. The zero-order valence-corrected chi connectivity index (χ0v) is 14.1. The number of likely N-dealkylation sites (N-methyl/N-ethyl adjacent to an activating group) is 1. The van der Waals surface area contributed by atoms with Crippen LogP contribution in [0.15, 0.2) is 24.3 Å². The van der Waals surface area contributed by atoms with Gasteiger partial charge in [-0.15, -0.1) is 0 Å².